The Kier molecular flexibility index (Phi) is 5.56. The summed E-state index contributed by atoms with van der Waals surface area (Å²) < 4.78 is 5.11. The zero-order valence-electron chi connectivity index (χ0n) is 13.8. The second-order valence-electron chi connectivity index (χ2n) is 5.64. The minimum atomic E-state index is -1.07. The first kappa shape index (κ1) is 17.9. The van der Waals surface area contributed by atoms with Crippen LogP contribution >= 0.6 is 11.3 Å². The summed E-state index contributed by atoms with van der Waals surface area (Å²) in [5.41, 5.74) is 0.771. The van der Waals surface area contributed by atoms with Gasteiger partial charge in [0.25, 0.3) is 5.91 Å². The van der Waals surface area contributed by atoms with Crippen LogP contribution in [-0.4, -0.2) is 28.6 Å². The van der Waals surface area contributed by atoms with E-state index in [1.807, 2.05) is 26.2 Å². The summed E-state index contributed by atoms with van der Waals surface area (Å²) in [6.45, 7) is 5.40. The van der Waals surface area contributed by atoms with E-state index in [4.69, 9.17) is 9.84 Å². The van der Waals surface area contributed by atoms with Gasteiger partial charge >= 0.3 is 5.97 Å². The Morgan fingerprint density at radius 1 is 1.42 bits per heavy atom. The van der Waals surface area contributed by atoms with Gasteiger partial charge in [0, 0.05) is 16.6 Å². The molecule has 1 unspecified atom stereocenters. The number of thiazole rings is 1. The lowest BCUT2D eigenvalue weighted by Gasteiger charge is -2.27. The maximum atomic E-state index is 12.6. The van der Waals surface area contributed by atoms with Crippen molar-refractivity contribution >= 4 is 23.2 Å². The summed E-state index contributed by atoms with van der Waals surface area (Å²) >= 11 is 1.52. The standard InChI is InChI=1S/C17H20N2O4S/c1-4-17(3,16-18-11(2)10-24-16)19-15(22)12-6-5-7-13(8-12)23-9-14(20)21/h5-8,10H,4,9H2,1-3H3,(H,19,22)(H,20,21). The zero-order chi connectivity index (χ0) is 17.7. The molecule has 2 rings (SSSR count). The first-order valence-corrected chi connectivity index (χ1v) is 8.42. The van der Waals surface area contributed by atoms with Crippen LogP contribution in [0.1, 0.15) is 41.3 Å². The number of amides is 1. The third kappa shape index (κ3) is 4.32. The number of benzene rings is 1. The number of carboxylic acids is 1. The second kappa shape index (κ2) is 7.44. The number of aliphatic carboxylic acids is 1. The minimum Gasteiger partial charge on any atom is -0.482 e. The van der Waals surface area contributed by atoms with E-state index in [1.165, 1.54) is 17.4 Å². The van der Waals surface area contributed by atoms with Crippen LogP contribution in [-0.2, 0) is 10.3 Å². The first-order valence-electron chi connectivity index (χ1n) is 7.54. The van der Waals surface area contributed by atoms with E-state index in [9.17, 15) is 9.59 Å². The van der Waals surface area contributed by atoms with Crippen molar-refractivity contribution in [1.29, 1.82) is 0 Å². The van der Waals surface area contributed by atoms with Gasteiger partial charge in [-0.2, -0.15) is 0 Å². The van der Waals surface area contributed by atoms with Crippen molar-refractivity contribution in [2.24, 2.45) is 0 Å². The van der Waals surface area contributed by atoms with Crippen LogP contribution in [0, 0.1) is 6.92 Å². The zero-order valence-corrected chi connectivity index (χ0v) is 14.6. The number of hydrogen-bond donors (Lipinski definition) is 2. The van der Waals surface area contributed by atoms with Crippen molar-refractivity contribution in [3.63, 3.8) is 0 Å². The summed E-state index contributed by atoms with van der Waals surface area (Å²) in [5.74, 6) is -0.983. The van der Waals surface area contributed by atoms with Crippen LogP contribution in [0.25, 0.3) is 0 Å². The number of carbonyl (C=O) groups is 2. The van der Waals surface area contributed by atoms with Crippen LogP contribution in [0.5, 0.6) is 5.75 Å². The molecule has 0 saturated heterocycles. The van der Waals surface area contributed by atoms with Crippen molar-refractivity contribution in [3.8, 4) is 5.75 Å². The predicted molar refractivity (Wildman–Crippen MR) is 91.5 cm³/mol. The fourth-order valence-electron chi connectivity index (χ4n) is 2.10. The quantitative estimate of drug-likeness (QED) is 0.803. The van der Waals surface area contributed by atoms with Crippen LogP contribution in [0.15, 0.2) is 29.6 Å². The van der Waals surface area contributed by atoms with Crippen LogP contribution in [0.2, 0.25) is 0 Å². The fourth-order valence-corrected chi connectivity index (χ4v) is 3.08. The van der Waals surface area contributed by atoms with Gasteiger partial charge in [0.15, 0.2) is 6.61 Å². The summed E-state index contributed by atoms with van der Waals surface area (Å²) in [4.78, 5) is 27.6. The molecule has 1 aromatic heterocycles. The van der Waals surface area contributed by atoms with Gasteiger partial charge in [0.1, 0.15) is 10.8 Å². The first-order chi connectivity index (χ1) is 11.3. The Hall–Kier alpha value is -2.41. The third-order valence-electron chi connectivity index (χ3n) is 3.65. The number of ether oxygens (including phenoxy) is 1. The molecular weight excluding hydrogens is 328 g/mol. The van der Waals surface area contributed by atoms with Crippen LogP contribution in [0.3, 0.4) is 0 Å². The fraction of sp³-hybridized carbons (Fsp3) is 0.353. The number of rotatable bonds is 7. The van der Waals surface area contributed by atoms with E-state index in [0.717, 1.165) is 10.7 Å². The van der Waals surface area contributed by atoms with Gasteiger partial charge in [-0.25, -0.2) is 9.78 Å². The lowest BCUT2D eigenvalue weighted by molar-refractivity contribution is -0.139. The van der Waals surface area contributed by atoms with Gasteiger partial charge < -0.3 is 15.2 Å². The molecule has 0 saturated carbocycles. The SMILES string of the molecule is CCC(C)(NC(=O)c1cccc(OCC(=O)O)c1)c1nc(C)cs1. The highest BCUT2D eigenvalue weighted by Gasteiger charge is 2.30. The molecule has 2 N–H and O–H groups in total. The molecule has 1 amide bonds. The Morgan fingerprint density at radius 3 is 2.75 bits per heavy atom. The van der Waals surface area contributed by atoms with Crippen molar-refractivity contribution in [1.82, 2.24) is 10.3 Å². The Bertz CT molecular complexity index is 744. The minimum absolute atomic E-state index is 0.257. The van der Waals surface area contributed by atoms with Crippen molar-refractivity contribution in [2.45, 2.75) is 32.7 Å². The van der Waals surface area contributed by atoms with Crippen molar-refractivity contribution < 1.29 is 19.4 Å². The molecule has 1 aromatic carbocycles. The molecule has 0 aliphatic rings. The van der Waals surface area contributed by atoms with Gasteiger partial charge in [-0.05, 0) is 38.5 Å². The average molecular weight is 348 g/mol. The number of aryl methyl sites for hydroxylation is 1. The number of nitrogens with zero attached hydrogens (tertiary/aromatic N) is 1. The Morgan fingerprint density at radius 2 is 2.17 bits per heavy atom. The number of carbonyl (C=O) groups excluding carboxylic acids is 1. The van der Waals surface area contributed by atoms with Crippen molar-refractivity contribution in [2.75, 3.05) is 6.61 Å². The topological polar surface area (TPSA) is 88.5 Å². The van der Waals surface area contributed by atoms with E-state index < -0.39 is 18.1 Å². The van der Waals surface area contributed by atoms with Crippen LogP contribution < -0.4 is 10.1 Å². The lowest BCUT2D eigenvalue weighted by Crippen LogP contribution is -2.43. The molecule has 0 fully saturated rings. The molecule has 1 atom stereocenters. The highest BCUT2D eigenvalue weighted by molar-refractivity contribution is 7.09. The third-order valence-corrected chi connectivity index (χ3v) is 4.87. The number of nitrogens with one attached hydrogen (secondary N) is 1. The molecule has 0 bridgehead atoms. The normalized spacial score (nSPS) is 13.1. The maximum absolute atomic E-state index is 12.6. The highest BCUT2D eigenvalue weighted by Crippen LogP contribution is 2.28. The molecule has 1 heterocycles. The lowest BCUT2D eigenvalue weighted by atomic mass is 9.99. The summed E-state index contributed by atoms with van der Waals surface area (Å²) in [7, 11) is 0. The smallest absolute Gasteiger partial charge is 0.341 e. The number of carboxylic acid groups (broad SMARTS) is 1. The van der Waals surface area contributed by atoms with E-state index >= 15 is 0 Å². The molecule has 7 heteroatoms. The average Bonchev–Trinajstić information content (AvgIpc) is 3.00. The second-order valence-corrected chi connectivity index (χ2v) is 6.50. The molecule has 0 radical (unpaired) electrons. The summed E-state index contributed by atoms with van der Waals surface area (Å²) in [6, 6.07) is 6.46. The summed E-state index contributed by atoms with van der Waals surface area (Å²) in [5, 5.41) is 14.5. The molecule has 2 aromatic rings. The maximum Gasteiger partial charge on any atom is 0.341 e. The predicted octanol–water partition coefficient (Wildman–Crippen LogP) is 2.97. The molecule has 128 valence electrons. The van der Waals surface area contributed by atoms with Gasteiger partial charge in [-0.1, -0.05) is 13.0 Å². The van der Waals surface area contributed by atoms with E-state index in [-0.39, 0.29) is 5.91 Å². The largest absolute Gasteiger partial charge is 0.482 e. The van der Waals surface area contributed by atoms with Crippen molar-refractivity contribution in [3.05, 3.63) is 45.9 Å². The molecule has 0 spiro atoms. The van der Waals surface area contributed by atoms with E-state index in [0.29, 0.717) is 17.7 Å². The molecule has 6 nitrogen and oxygen atoms in total. The van der Waals surface area contributed by atoms with Gasteiger partial charge in [0.05, 0.1) is 5.54 Å². The van der Waals surface area contributed by atoms with Gasteiger partial charge in [0.2, 0.25) is 0 Å². The monoisotopic (exact) mass is 348 g/mol. The van der Waals surface area contributed by atoms with E-state index in [2.05, 4.69) is 10.3 Å². The molecule has 24 heavy (non-hydrogen) atoms. The molecule has 0 aliphatic heterocycles. The molecular formula is C17H20N2O4S. The number of hydrogen-bond acceptors (Lipinski definition) is 5. The van der Waals surface area contributed by atoms with Gasteiger partial charge in [-0.3, -0.25) is 4.79 Å². The Labute approximate surface area is 144 Å². The van der Waals surface area contributed by atoms with Crippen LogP contribution in [0.4, 0.5) is 0 Å². The molecule has 0 aliphatic carbocycles. The number of aromatic nitrogens is 1. The van der Waals surface area contributed by atoms with Gasteiger partial charge in [-0.15, -0.1) is 11.3 Å². The summed E-state index contributed by atoms with van der Waals surface area (Å²) in [6.07, 6.45) is 0.695. The highest BCUT2D eigenvalue weighted by atomic mass is 32.1. The Balaban J connectivity index is 2.16. The van der Waals surface area contributed by atoms with E-state index in [1.54, 1.807) is 18.2 Å².